The summed E-state index contributed by atoms with van der Waals surface area (Å²) >= 11 is 0. The van der Waals surface area contributed by atoms with Gasteiger partial charge in [-0.05, 0) is 43.4 Å². The van der Waals surface area contributed by atoms with E-state index in [9.17, 15) is 4.79 Å². The molecular formula is C16H20N2O2. The number of hydrogen-bond acceptors (Lipinski definition) is 3. The maximum Gasteiger partial charge on any atom is 0.220 e. The summed E-state index contributed by atoms with van der Waals surface area (Å²) in [5.74, 6) is 0.557. The van der Waals surface area contributed by atoms with Crippen LogP contribution < -0.4 is 5.32 Å². The van der Waals surface area contributed by atoms with E-state index in [1.807, 2.05) is 19.1 Å². The Morgan fingerprint density at radius 2 is 2.10 bits per heavy atom. The zero-order valence-corrected chi connectivity index (χ0v) is 11.8. The van der Waals surface area contributed by atoms with Crippen molar-refractivity contribution in [1.29, 1.82) is 5.26 Å². The van der Waals surface area contributed by atoms with Gasteiger partial charge in [0.05, 0.1) is 17.7 Å². The predicted molar refractivity (Wildman–Crippen MR) is 75.8 cm³/mol. The molecule has 0 heterocycles. The van der Waals surface area contributed by atoms with E-state index in [0.29, 0.717) is 30.6 Å². The maximum atomic E-state index is 11.8. The summed E-state index contributed by atoms with van der Waals surface area (Å²) in [5.41, 5.74) is 1.65. The summed E-state index contributed by atoms with van der Waals surface area (Å²) in [6.07, 6.45) is 2.94. The number of ether oxygens (including phenoxy) is 1. The molecule has 1 N–H and O–H groups in total. The van der Waals surface area contributed by atoms with Crippen molar-refractivity contribution < 1.29 is 9.53 Å². The average Bonchev–Trinajstić information content (AvgIpc) is 2.43. The highest BCUT2D eigenvalue weighted by molar-refractivity contribution is 5.76. The zero-order valence-electron chi connectivity index (χ0n) is 11.8. The highest BCUT2D eigenvalue weighted by atomic mass is 16.5. The number of nitrogens with zero attached hydrogens (tertiary/aromatic N) is 1. The van der Waals surface area contributed by atoms with E-state index >= 15 is 0 Å². The topological polar surface area (TPSA) is 62.1 Å². The van der Waals surface area contributed by atoms with Crippen LogP contribution in [0.3, 0.4) is 0 Å². The van der Waals surface area contributed by atoms with Crippen molar-refractivity contribution in [2.45, 2.75) is 38.8 Å². The smallest absolute Gasteiger partial charge is 0.220 e. The molecule has 0 aromatic heterocycles. The monoisotopic (exact) mass is 272 g/mol. The summed E-state index contributed by atoms with van der Waals surface area (Å²) in [5, 5.41) is 11.6. The Morgan fingerprint density at radius 3 is 2.70 bits per heavy atom. The molecule has 0 aliphatic heterocycles. The van der Waals surface area contributed by atoms with Gasteiger partial charge in [-0.15, -0.1) is 0 Å². The molecule has 1 aliphatic carbocycles. The Kier molecular flexibility index (Phi) is 5.14. The van der Waals surface area contributed by atoms with Crippen LogP contribution in [0.5, 0.6) is 0 Å². The third kappa shape index (κ3) is 4.07. The Bertz CT molecular complexity index is 484. The van der Waals surface area contributed by atoms with E-state index in [0.717, 1.165) is 25.0 Å². The Labute approximate surface area is 119 Å². The molecule has 0 radical (unpaired) electrons. The van der Waals surface area contributed by atoms with Crippen molar-refractivity contribution in [2.24, 2.45) is 5.92 Å². The first-order valence-corrected chi connectivity index (χ1v) is 7.08. The second-order valence-corrected chi connectivity index (χ2v) is 5.20. The molecule has 0 atom stereocenters. The van der Waals surface area contributed by atoms with Crippen LogP contribution in [-0.4, -0.2) is 18.6 Å². The van der Waals surface area contributed by atoms with Crippen molar-refractivity contribution >= 4 is 5.91 Å². The molecule has 0 saturated heterocycles. The van der Waals surface area contributed by atoms with E-state index in [4.69, 9.17) is 10.00 Å². The number of amides is 1. The largest absolute Gasteiger partial charge is 0.378 e. The van der Waals surface area contributed by atoms with Crippen molar-refractivity contribution in [3.63, 3.8) is 0 Å². The number of nitriles is 1. The normalized spacial score (nSPS) is 20.8. The third-order valence-corrected chi connectivity index (χ3v) is 3.64. The fourth-order valence-electron chi connectivity index (χ4n) is 2.45. The molecule has 4 nitrogen and oxygen atoms in total. The number of nitrogens with one attached hydrogen (secondary N) is 1. The molecule has 4 heteroatoms. The Balaban J connectivity index is 1.66. The standard InChI is InChI=1S/C16H20N2O2/c1-2-20-15-7-14(8-15)9-16(19)18-11-13-5-3-12(10-17)4-6-13/h3-6,14-15H,2,7-9,11H2,1H3,(H,18,19). The number of rotatable bonds is 6. The van der Waals surface area contributed by atoms with Gasteiger partial charge < -0.3 is 10.1 Å². The third-order valence-electron chi connectivity index (χ3n) is 3.64. The summed E-state index contributed by atoms with van der Waals surface area (Å²) in [7, 11) is 0. The van der Waals surface area contributed by atoms with Crippen LogP contribution in [0.15, 0.2) is 24.3 Å². The van der Waals surface area contributed by atoms with Gasteiger partial charge in [-0.3, -0.25) is 4.79 Å². The molecule has 1 saturated carbocycles. The molecule has 1 aliphatic rings. The molecule has 106 valence electrons. The van der Waals surface area contributed by atoms with Crippen LogP contribution in [0.2, 0.25) is 0 Å². The molecule has 1 aromatic rings. The van der Waals surface area contributed by atoms with Gasteiger partial charge in [0.15, 0.2) is 0 Å². The van der Waals surface area contributed by atoms with Gasteiger partial charge in [0.1, 0.15) is 0 Å². The summed E-state index contributed by atoms with van der Waals surface area (Å²) < 4.78 is 5.48. The fourth-order valence-corrected chi connectivity index (χ4v) is 2.45. The molecule has 1 fully saturated rings. The van der Waals surface area contributed by atoms with Crippen LogP contribution in [0.25, 0.3) is 0 Å². The van der Waals surface area contributed by atoms with Gasteiger partial charge in [0.2, 0.25) is 5.91 Å². The van der Waals surface area contributed by atoms with Crippen LogP contribution in [-0.2, 0) is 16.1 Å². The van der Waals surface area contributed by atoms with Gasteiger partial charge in [-0.25, -0.2) is 0 Å². The highest BCUT2D eigenvalue weighted by Gasteiger charge is 2.30. The average molecular weight is 272 g/mol. The lowest BCUT2D eigenvalue weighted by Gasteiger charge is -2.34. The van der Waals surface area contributed by atoms with Crippen LogP contribution in [0.1, 0.15) is 37.3 Å². The lowest BCUT2D eigenvalue weighted by Crippen LogP contribution is -2.35. The van der Waals surface area contributed by atoms with Gasteiger partial charge in [-0.1, -0.05) is 12.1 Å². The van der Waals surface area contributed by atoms with E-state index in [1.54, 1.807) is 12.1 Å². The summed E-state index contributed by atoms with van der Waals surface area (Å²) in [4.78, 5) is 11.8. The van der Waals surface area contributed by atoms with Crippen LogP contribution in [0, 0.1) is 17.2 Å². The van der Waals surface area contributed by atoms with E-state index < -0.39 is 0 Å². The first-order valence-electron chi connectivity index (χ1n) is 7.08. The lowest BCUT2D eigenvalue weighted by molar-refractivity contribution is -0.124. The molecular weight excluding hydrogens is 252 g/mol. The Hall–Kier alpha value is -1.86. The van der Waals surface area contributed by atoms with Gasteiger partial charge in [-0.2, -0.15) is 5.26 Å². The maximum absolute atomic E-state index is 11.8. The van der Waals surface area contributed by atoms with Crippen LogP contribution >= 0.6 is 0 Å². The lowest BCUT2D eigenvalue weighted by atomic mass is 9.80. The molecule has 0 bridgehead atoms. The second kappa shape index (κ2) is 7.06. The van der Waals surface area contributed by atoms with Gasteiger partial charge in [0.25, 0.3) is 0 Å². The van der Waals surface area contributed by atoms with E-state index in [-0.39, 0.29) is 5.91 Å². The molecule has 0 unspecified atom stereocenters. The van der Waals surface area contributed by atoms with Gasteiger partial charge >= 0.3 is 0 Å². The minimum atomic E-state index is 0.0920. The molecule has 0 spiro atoms. The minimum Gasteiger partial charge on any atom is -0.378 e. The van der Waals surface area contributed by atoms with E-state index in [2.05, 4.69) is 11.4 Å². The van der Waals surface area contributed by atoms with Crippen LogP contribution in [0.4, 0.5) is 0 Å². The number of carbonyl (C=O) groups excluding carboxylic acids is 1. The molecule has 1 amide bonds. The summed E-state index contributed by atoms with van der Waals surface area (Å²) in [6, 6.07) is 9.34. The first kappa shape index (κ1) is 14.5. The minimum absolute atomic E-state index is 0.0920. The van der Waals surface area contributed by atoms with Crippen molar-refractivity contribution in [3.8, 4) is 6.07 Å². The number of carbonyl (C=O) groups is 1. The Morgan fingerprint density at radius 1 is 1.40 bits per heavy atom. The molecule has 1 aromatic carbocycles. The first-order chi connectivity index (χ1) is 9.71. The van der Waals surface area contributed by atoms with Crippen molar-refractivity contribution in [3.05, 3.63) is 35.4 Å². The van der Waals surface area contributed by atoms with E-state index in [1.165, 1.54) is 0 Å². The second-order valence-electron chi connectivity index (χ2n) is 5.20. The highest BCUT2D eigenvalue weighted by Crippen LogP contribution is 2.32. The van der Waals surface area contributed by atoms with Crippen molar-refractivity contribution in [2.75, 3.05) is 6.61 Å². The number of benzene rings is 1. The zero-order chi connectivity index (χ0) is 14.4. The summed E-state index contributed by atoms with van der Waals surface area (Å²) in [6.45, 7) is 3.27. The van der Waals surface area contributed by atoms with Gasteiger partial charge in [0, 0.05) is 19.6 Å². The predicted octanol–water partition coefficient (Wildman–Crippen LogP) is 2.38. The van der Waals surface area contributed by atoms with Crippen molar-refractivity contribution in [1.82, 2.24) is 5.32 Å². The fraction of sp³-hybridized carbons (Fsp3) is 0.500. The quantitative estimate of drug-likeness (QED) is 0.864. The molecule has 2 rings (SSSR count). The SMILES string of the molecule is CCOC1CC(CC(=O)NCc2ccc(C#N)cc2)C1. The number of hydrogen-bond donors (Lipinski definition) is 1. The molecule has 20 heavy (non-hydrogen) atoms.